The van der Waals surface area contributed by atoms with Crippen LogP contribution in [0.3, 0.4) is 0 Å². The quantitative estimate of drug-likeness (QED) is 0.629. The number of phenols is 2. The fourth-order valence-electron chi connectivity index (χ4n) is 1.18. The number of fused-ring (bicyclic) bond motifs is 1. The van der Waals surface area contributed by atoms with Crippen molar-refractivity contribution in [3.63, 3.8) is 0 Å². The number of carboxylic acids is 1. The molecule has 0 aliphatic carbocycles. The van der Waals surface area contributed by atoms with Gasteiger partial charge in [0, 0.05) is 0 Å². The first kappa shape index (κ1) is 8.83. The highest BCUT2D eigenvalue weighted by molar-refractivity contribution is 7.21. The lowest BCUT2D eigenvalue weighted by atomic mass is 10.2. The van der Waals surface area contributed by atoms with Gasteiger partial charge in [-0.25, -0.2) is 4.79 Å². The van der Waals surface area contributed by atoms with Crippen LogP contribution in [-0.4, -0.2) is 21.3 Å². The standard InChI is InChI=1S/C9H6O4S/c10-5-2-1-4-3-6(9(12)13)14-8(4)7(5)11/h1-3,10-11H,(H,12,13). The molecule has 2 aromatic rings. The van der Waals surface area contributed by atoms with E-state index in [1.165, 1.54) is 12.1 Å². The molecule has 5 heteroatoms. The lowest BCUT2D eigenvalue weighted by Crippen LogP contribution is -1.89. The van der Waals surface area contributed by atoms with Gasteiger partial charge in [-0.15, -0.1) is 11.3 Å². The van der Waals surface area contributed by atoms with Gasteiger partial charge in [0.2, 0.25) is 0 Å². The molecule has 0 saturated heterocycles. The summed E-state index contributed by atoms with van der Waals surface area (Å²) in [5.41, 5.74) is 0. The summed E-state index contributed by atoms with van der Waals surface area (Å²) in [5, 5.41) is 27.9. The molecule has 0 saturated carbocycles. The number of aromatic carboxylic acids is 1. The number of carboxylic acid groups (broad SMARTS) is 1. The number of phenolic OH excluding ortho intramolecular Hbond substituents is 2. The third kappa shape index (κ3) is 1.18. The van der Waals surface area contributed by atoms with E-state index in [2.05, 4.69) is 0 Å². The molecular formula is C9H6O4S. The molecule has 1 aromatic heterocycles. The maximum absolute atomic E-state index is 10.6. The molecule has 0 spiro atoms. The first-order valence-corrected chi connectivity index (χ1v) is 4.59. The van der Waals surface area contributed by atoms with Crippen LogP contribution in [0.4, 0.5) is 0 Å². The van der Waals surface area contributed by atoms with Crippen molar-refractivity contribution < 1.29 is 20.1 Å². The van der Waals surface area contributed by atoms with Crippen LogP contribution in [0.5, 0.6) is 11.5 Å². The number of carbonyl (C=O) groups is 1. The van der Waals surface area contributed by atoms with Crippen molar-refractivity contribution in [1.29, 1.82) is 0 Å². The lowest BCUT2D eigenvalue weighted by Gasteiger charge is -1.96. The smallest absolute Gasteiger partial charge is 0.345 e. The van der Waals surface area contributed by atoms with Crippen LogP contribution in [0.25, 0.3) is 10.1 Å². The molecule has 72 valence electrons. The van der Waals surface area contributed by atoms with Gasteiger partial charge in [-0.2, -0.15) is 0 Å². The maximum Gasteiger partial charge on any atom is 0.345 e. The Bertz CT molecular complexity index is 515. The minimum Gasteiger partial charge on any atom is -0.504 e. The van der Waals surface area contributed by atoms with Gasteiger partial charge < -0.3 is 15.3 Å². The zero-order valence-corrected chi connectivity index (χ0v) is 7.71. The van der Waals surface area contributed by atoms with Gasteiger partial charge >= 0.3 is 5.97 Å². The van der Waals surface area contributed by atoms with Gasteiger partial charge in [0.05, 0.1) is 4.70 Å². The molecule has 1 aromatic carbocycles. The van der Waals surface area contributed by atoms with Gasteiger partial charge in [-0.1, -0.05) is 0 Å². The predicted molar refractivity (Wildman–Crippen MR) is 52.1 cm³/mol. The lowest BCUT2D eigenvalue weighted by molar-refractivity contribution is 0.0702. The molecule has 0 atom stereocenters. The van der Waals surface area contributed by atoms with Crippen LogP contribution < -0.4 is 0 Å². The Morgan fingerprint density at radius 1 is 1.29 bits per heavy atom. The third-order valence-corrected chi connectivity index (χ3v) is 3.00. The van der Waals surface area contributed by atoms with E-state index in [9.17, 15) is 15.0 Å². The van der Waals surface area contributed by atoms with Crippen molar-refractivity contribution in [2.45, 2.75) is 0 Å². The molecule has 0 aliphatic rings. The van der Waals surface area contributed by atoms with Crippen LogP contribution >= 0.6 is 11.3 Å². The predicted octanol–water partition coefficient (Wildman–Crippen LogP) is 2.01. The zero-order valence-electron chi connectivity index (χ0n) is 6.89. The van der Waals surface area contributed by atoms with Gasteiger partial charge in [-0.05, 0) is 23.6 Å². The van der Waals surface area contributed by atoms with Gasteiger partial charge in [0.1, 0.15) is 4.88 Å². The maximum atomic E-state index is 10.6. The molecule has 1 heterocycles. The summed E-state index contributed by atoms with van der Waals surface area (Å²) < 4.78 is 0.391. The van der Waals surface area contributed by atoms with Crippen LogP contribution in [0.15, 0.2) is 18.2 Å². The Kier molecular flexibility index (Phi) is 1.82. The highest BCUT2D eigenvalue weighted by Gasteiger charge is 2.12. The van der Waals surface area contributed by atoms with E-state index in [1.807, 2.05) is 0 Å². The van der Waals surface area contributed by atoms with E-state index in [0.717, 1.165) is 11.3 Å². The Labute approximate surface area is 82.7 Å². The van der Waals surface area contributed by atoms with Gasteiger partial charge in [-0.3, -0.25) is 0 Å². The summed E-state index contributed by atoms with van der Waals surface area (Å²) in [6.45, 7) is 0. The summed E-state index contributed by atoms with van der Waals surface area (Å²) in [7, 11) is 0. The number of thiophene rings is 1. The molecule has 0 aliphatic heterocycles. The minimum atomic E-state index is -1.04. The van der Waals surface area contributed by atoms with E-state index in [0.29, 0.717) is 10.1 Å². The van der Waals surface area contributed by atoms with Crippen molar-refractivity contribution in [2.24, 2.45) is 0 Å². The summed E-state index contributed by atoms with van der Waals surface area (Å²) >= 11 is 0.937. The van der Waals surface area contributed by atoms with Crippen molar-refractivity contribution in [3.05, 3.63) is 23.1 Å². The summed E-state index contributed by atoms with van der Waals surface area (Å²) in [5.74, 6) is -1.54. The number of aromatic hydroxyl groups is 2. The van der Waals surface area contributed by atoms with Gasteiger partial charge in [0.25, 0.3) is 0 Å². The molecular weight excluding hydrogens is 204 g/mol. The third-order valence-electron chi connectivity index (χ3n) is 1.85. The van der Waals surface area contributed by atoms with E-state index in [4.69, 9.17) is 5.11 Å². The van der Waals surface area contributed by atoms with E-state index in [1.54, 1.807) is 6.07 Å². The molecule has 14 heavy (non-hydrogen) atoms. The van der Waals surface area contributed by atoms with Gasteiger partial charge in [0.15, 0.2) is 11.5 Å². The molecule has 0 bridgehead atoms. The Morgan fingerprint density at radius 2 is 2.00 bits per heavy atom. The Balaban J connectivity index is 2.77. The molecule has 0 amide bonds. The van der Waals surface area contributed by atoms with Crippen LogP contribution in [0.1, 0.15) is 9.67 Å². The van der Waals surface area contributed by atoms with Crippen molar-refractivity contribution >= 4 is 27.4 Å². The van der Waals surface area contributed by atoms with Crippen LogP contribution in [0.2, 0.25) is 0 Å². The second kappa shape index (κ2) is 2.88. The Morgan fingerprint density at radius 3 is 2.64 bits per heavy atom. The fraction of sp³-hybridized carbons (Fsp3) is 0. The van der Waals surface area contributed by atoms with E-state index in [-0.39, 0.29) is 16.4 Å². The fourth-order valence-corrected chi connectivity index (χ4v) is 2.12. The number of hydrogen-bond acceptors (Lipinski definition) is 4. The van der Waals surface area contributed by atoms with E-state index < -0.39 is 5.97 Å². The largest absolute Gasteiger partial charge is 0.504 e. The topological polar surface area (TPSA) is 77.8 Å². The Hall–Kier alpha value is -1.75. The number of rotatable bonds is 1. The summed E-state index contributed by atoms with van der Waals surface area (Å²) in [6, 6.07) is 4.35. The van der Waals surface area contributed by atoms with Crippen molar-refractivity contribution in [3.8, 4) is 11.5 Å². The molecule has 3 N–H and O–H groups in total. The molecule has 0 unspecified atom stereocenters. The normalized spacial score (nSPS) is 10.6. The van der Waals surface area contributed by atoms with Crippen molar-refractivity contribution in [2.75, 3.05) is 0 Å². The molecule has 0 radical (unpaired) electrons. The van der Waals surface area contributed by atoms with Crippen LogP contribution in [0, 0.1) is 0 Å². The highest BCUT2D eigenvalue weighted by atomic mass is 32.1. The average Bonchev–Trinajstić information content (AvgIpc) is 2.56. The number of hydrogen-bond donors (Lipinski definition) is 3. The summed E-state index contributed by atoms with van der Waals surface area (Å²) in [4.78, 5) is 10.8. The first-order chi connectivity index (χ1) is 6.59. The molecule has 4 nitrogen and oxygen atoms in total. The summed E-state index contributed by atoms with van der Waals surface area (Å²) in [6.07, 6.45) is 0. The second-order valence-corrected chi connectivity index (χ2v) is 3.82. The van der Waals surface area contributed by atoms with Crippen molar-refractivity contribution in [1.82, 2.24) is 0 Å². The monoisotopic (exact) mass is 210 g/mol. The zero-order chi connectivity index (χ0) is 10.3. The molecule has 0 fully saturated rings. The second-order valence-electron chi connectivity index (χ2n) is 2.77. The highest BCUT2D eigenvalue weighted by Crippen LogP contribution is 2.38. The SMILES string of the molecule is O=C(O)c1cc2ccc(O)c(O)c2s1. The average molecular weight is 210 g/mol. The first-order valence-electron chi connectivity index (χ1n) is 3.77. The number of benzene rings is 1. The van der Waals surface area contributed by atoms with Crippen LogP contribution in [-0.2, 0) is 0 Å². The molecule has 2 rings (SSSR count). The minimum absolute atomic E-state index is 0.140. The van der Waals surface area contributed by atoms with E-state index >= 15 is 0 Å².